The molecule has 1 aliphatic heterocycles. The molecular formula is C19H23N5O6S2. The summed E-state index contributed by atoms with van der Waals surface area (Å²) in [5, 5.41) is 3.63. The summed E-state index contributed by atoms with van der Waals surface area (Å²) in [7, 11) is -0.747. The number of thioether (sulfide) groups is 1. The second-order valence-electron chi connectivity index (χ2n) is 7.93. The topological polar surface area (TPSA) is 142 Å². The van der Waals surface area contributed by atoms with Crippen LogP contribution in [0.25, 0.3) is 11.1 Å². The van der Waals surface area contributed by atoms with Gasteiger partial charge in [0.2, 0.25) is 15.9 Å². The highest BCUT2D eigenvalue weighted by Crippen LogP contribution is 2.33. The van der Waals surface area contributed by atoms with E-state index in [4.69, 9.17) is 4.42 Å². The summed E-state index contributed by atoms with van der Waals surface area (Å²) < 4.78 is 31.2. The van der Waals surface area contributed by atoms with Gasteiger partial charge in [-0.1, -0.05) is 31.0 Å². The molecule has 2 heterocycles. The van der Waals surface area contributed by atoms with Crippen LogP contribution in [0.3, 0.4) is 0 Å². The zero-order valence-electron chi connectivity index (χ0n) is 17.6. The number of carbonyl (C=O) groups is 3. The van der Waals surface area contributed by atoms with E-state index < -0.39 is 33.4 Å². The van der Waals surface area contributed by atoms with Gasteiger partial charge in [-0.05, 0) is 31.0 Å². The number of oxazole rings is 1. The van der Waals surface area contributed by atoms with E-state index in [-0.39, 0.29) is 15.9 Å². The Hall–Kier alpha value is -2.64. The summed E-state index contributed by atoms with van der Waals surface area (Å²) in [6.45, 7) is 0. The quantitative estimate of drug-likeness (QED) is 0.466. The number of sulfonamides is 1. The van der Waals surface area contributed by atoms with E-state index in [1.54, 1.807) is 0 Å². The van der Waals surface area contributed by atoms with E-state index in [9.17, 15) is 22.8 Å². The standard InChI is InChI=1S/C19H23N5O6S2/c1-23(2)32(28,29)12-6-7-14-13(10-12)20-18(30-14)31-11-15(25)22-24-16(26)19(21-17(24)27)8-4-3-5-9-19/h6-7,10H,3-5,8-9,11H2,1-2H3,(H,21,27)(H,22,25). The summed E-state index contributed by atoms with van der Waals surface area (Å²) in [6, 6.07) is 3.68. The first kappa shape index (κ1) is 22.6. The molecule has 4 rings (SSSR count). The molecule has 0 radical (unpaired) electrons. The maximum atomic E-state index is 12.7. The van der Waals surface area contributed by atoms with Gasteiger partial charge < -0.3 is 9.73 Å². The fourth-order valence-electron chi connectivity index (χ4n) is 3.82. The summed E-state index contributed by atoms with van der Waals surface area (Å²) in [6.07, 6.45) is 3.83. The second kappa shape index (κ2) is 8.37. The minimum Gasteiger partial charge on any atom is -0.431 e. The van der Waals surface area contributed by atoms with E-state index >= 15 is 0 Å². The van der Waals surface area contributed by atoms with Crippen molar-refractivity contribution in [3.63, 3.8) is 0 Å². The van der Waals surface area contributed by atoms with Gasteiger partial charge in [0.05, 0.1) is 10.6 Å². The molecule has 4 amide bonds. The molecule has 1 aliphatic carbocycles. The largest absolute Gasteiger partial charge is 0.431 e. The van der Waals surface area contributed by atoms with Crippen LogP contribution < -0.4 is 10.7 Å². The van der Waals surface area contributed by atoms with Crippen molar-refractivity contribution in [2.75, 3.05) is 19.8 Å². The lowest BCUT2D eigenvalue weighted by molar-refractivity contribution is -0.139. The molecule has 2 N–H and O–H groups in total. The predicted molar refractivity (Wildman–Crippen MR) is 115 cm³/mol. The molecule has 2 aromatic rings. The fraction of sp³-hybridized carbons (Fsp3) is 0.474. The average molecular weight is 482 g/mol. The van der Waals surface area contributed by atoms with E-state index in [0.717, 1.165) is 40.3 Å². The van der Waals surface area contributed by atoms with Crippen LogP contribution in [0.2, 0.25) is 0 Å². The molecule has 0 bridgehead atoms. The number of aromatic nitrogens is 1. The predicted octanol–water partition coefficient (Wildman–Crippen LogP) is 1.46. The monoisotopic (exact) mass is 481 g/mol. The zero-order valence-corrected chi connectivity index (χ0v) is 19.2. The Kier molecular flexibility index (Phi) is 5.90. The third-order valence-corrected chi connectivity index (χ3v) is 8.19. The minimum atomic E-state index is -3.62. The first-order chi connectivity index (χ1) is 15.1. The van der Waals surface area contributed by atoms with Crippen molar-refractivity contribution in [2.24, 2.45) is 0 Å². The van der Waals surface area contributed by atoms with Gasteiger partial charge in [0, 0.05) is 14.1 Å². The van der Waals surface area contributed by atoms with Crippen LogP contribution >= 0.6 is 11.8 Å². The maximum absolute atomic E-state index is 12.7. The van der Waals surface area contributed by atoms with Crippen molar-refractivity contribution in [1.82, 2.24) is 25.0 Å². The first-order valence-electron chi connectivity index (χ1n) is 10.0. The number of hydrazine groups is 1. The Morgan fingerprint density at radius 1 is 1.28 bits per heavy atom. The van der Waals surface area contributed by atoms with Crippen molar-refractivity contribution < 1.29 is 27.2 Å². The number of benzene rings is 1. The van der Waals surface area contributed by atoms with Crippen molar-refractivity contribution in [3.8, 4) is 0 Å². The molecular weight excluding hydrogens is 458 g/mol. The molecule has 172 valence electrons. The van der Waals surface area contributed by atoms with E-state index in [1.807, 2.05) is 0 Å². The van der Waals surface area contributed by atoms with Gasteiger partial charge in [-0.25, -0.2) is 22.5 Å². The highest BCUT2D eigenvalue weighted by Gasteiger charge is 2.52. The lowest BCUT2D eigenvalue weighted by Crippen LogP contribution is -2.51. The number of imide groups is 1. The van der Waals surface area contributed by atoms with E-state index in [0.29, 0.717) is 23.9 Å². The molecule has 13 heteroatoms. The fourth-order valence-corrected chi connectivity index (χ4v) is 5.37. The van der Waals surface area contributed by atoms with Gasteiger partial charge in [0.25, 0.3) is 11.1 Å². The van der Waals surface area contributed by atoms with E-state index in [2.05, 4.69) is 15.7 Å². The lowest BCUT2D eigenvalue weighted by atomic mass is 9.82. The molecule has 1 spiro atoms. The lowest BCUT2D eigenvalue weighted by Gasteiger charge is -2.30. The van der Waals surface area contributed by atoms with Gasteiger partial charge in [0.15, 0.2) is 5.58 Å². The molecule has 0 unspecified atom stereocenters. The Labute approximate surface area is 188 Å². The number of hydrogen-bond acceptors (Lipinski definition) is 8. The third kappa shape index (κ3) is 4.07. The average Bonchev–Trinajstić information content (AvgIpc) is 3.26. The van der Waals surface area contributed by atoms with Crippen molar-refractivity contribution in [1.29, 1.82) is 0 Å². The Morgan fingerprint density at radius 2 is 2.00 bits per heavy atom. The number of carbonyl (C=O) groups excluding carboxylic acids is 3. The Morgan fingerprint density at radius 3 is 2.69 bits per heavy atom. The number of rotatable bonds is 6. The molecule has 0 atom stereocenters. The number of urea groups is 1. The van der Waals surface area contributed by atoms with E-state index in [1.165, 1.54) is 32.3 Å². The second-order valence-corrected chi connectivity index (χ2v) is 11.0. The van der Waals surface area contributed by atoms with Crippen LogP contribution in [0.4, 0.5) is 4.79 Å². The SMILES string of the molecule is CN(C)S(=O)(=O)c1ccc2oc(SCC(=O)NN3C(=O)NC4(CCCCC4)C3=O)nc2c1. The molecule has 32 heavy (non-hydrogen) atoms. The van der Waals surface area contributed by atoms with Gasteiger partial charge in [-0.15, -0.1) is 0 Å². The number of nitrogens with zero attached hydrogens (tertiary/aromatic N) is 3. The summed E-state index contributed by atoms with van der Waals surface area (Å²) in [4.78, 5) is 41.6. The molecule has 1 saturated carbocycles. The minimum absolute atomic E-state index is 0.0767. The smallest absolute Gasteiger partial charge is 0.344 e. The van der Waals surface area contributed by atoms with Crippen LogP contribution in [-0.2, 0) is 19.6 Å². The molecule has 1 saturated heterocycles. The van der Waals surface area contributed by atoms with Gasteiger partial charge in [-0.3, -0.25) is 15.0 Å². The molecule has 11 nitrogen and oxygen atoms in total. The van der Waals surface area contributed by atoms with Crippen LogP contribution in [0.1, 0.15) is 32.1 Å². The van der Waals surface area contributed by atoms with Crippen LogP contribution in [0, 0.1) is 0 Å². The van der Waals surface area contributed by atoms with Crippen molar-refractivity contribution >= 4 is 50.7 Å². The highest BCUT2D eigenvalue weighted by atomic mass is 32.2. The maximum Gasteiger partial charge on any atom is 0.344 e. The van der Waals surface area contributed by atoms with Gasteiger partial charge >= 0.3 is 6.03 Å². The Balaban J connectivity index is 1.40. The molecule has 1 aromatic carbocycles. The molecule has 1 aromatic heterocycles. The first-order valence-corrected chi connectivity index (χ1v) is 12.5. The Bertz CT molecular complexity index is 1190. The van der Waals surface area contributed by atoms with Crippen molar-refractivity contribution in [2.45, 2.75) is 47.8 Å². The summed E-state index contributed by atoms with van der Waals surface area (Å²) in [5.41, 5.74) is 2.15. The molecule has 2 aliphatic rings. The number of amides is 4. The number of fused-ring (bicyclic) bond motifs is 1. The normalized spacial score (nSPS) is 18.5. The van der Waals surface area contributed by atoms with Crippen LogP contribution in [0.15, 0.2) is 32.7 Å². The van der Waals surface area contributed by atoms with Gasteiger partial charge in [0.1, 0.15) is 11.1 Å². The third-order valence-electron chi connectivity index (χ3n) is 5.55. The van der Waals surface area contributed by atoms with Crippen LogP contribution in [0.5, 0.6) is 0 Å². The highest BCUT2D eigenvalue weighted by molar-refractivity contribution is 7.99. The van der Waals surface area contributed by atoms with Gasteiger partial charge in [-0.2, -0.15) is 5.01 Å². The number of nitrogens with one attached hydrogen (secondary N) is 2. The van der Waals surface area contributed by atoms with Crippen LogP contribution in [-0.4, -0.2) is 65.9 Å². The van der Waals surface area contributed by atoms with Crippen molar-refractivity contribution in [3.05, 3.63) is 18.2 Å². The number of hydrogen-bond donors (Lipinski definition) is 2. The summed E-state index contributed by atoms with van der Waals surface area (Å²) in [5.74, 6) is -1.15. The zero-order chi connectivity index (χ0) is 23.1. The molecule has 2 fully saturated rings. The summed E-state index contributed by atoms with van der Waals surface area (Å²) >= 11 is 0.967.